The van der Waals surface area contributed by atoms with E-state index >= 15 is 0 Å². The SMILES string of the molecule is COC1(C(=O)C2=CCCCO2)CCC(C)CC1. The Hall–Kier alpha value is -0.830. The van der Waals surface area contributed by atoms with Gasteiger partial charge in [0.15, 0.2) is 5.76 Å². The van der Waals surface area contributed by atoms with E-state index < -0.39 is 5.60 Å². The Bertz CT molecular complexity index is 311. The smallest absolute Gasteiger partial charge is 0.228 e. The van der Waals surface area contributed by atoms with Crippen LogP contribution >= 0.6 is 0 Å². The zero-order valence-electron chi connectivity index (χ0n) is 10.8. The van der Waals surface area contributed by atoms with Gasteiger partial charge >= 0.3 is 0 Å². The fraction of sp³-hybridized carbons (Fsp3) is 0.786. The van der Waals surface area contributed by atoms with Gasteiger partial charge in [-0.25, -0.2) is 0 Å². The predicted octanol–water partition coefficient (Wildman–Crippen LogP) is 2.85. The van der Waals surface area contributed by atoms with Crippen molar-refractivity contribution in [1.82, 2.24) is 0 Å². The maximum atomic E-state index is 12.5. The van der Waals surface area contributed by atoms with Crippen LogP contribution in [0.15, 0.2) is 11.8 Å². The Morgan fingerprint density at radius 3 is 2.71 bits per heavy atom. The van der Waals surface area contributed by atoms with E-state index in [0.29, 0.717) is 18.3 Å². The number of hydrogen-bond donors (Lipinski definition) is 0. The van der Waals surface area contributed by atoms with Crippen LogP contribution in [0.1, 0.15) is 45.4 Å². The molecule has 1 aliphatic heterocycles. The maximum Gasteiger partial charge on any atom is 0.228 e. The summed E-state index contributed by atoms with van der Waals surface area (Å²) < 4.78 is 11.0. The van der Waals surface area contributed by atoms with Crippen molar-refractivity contribution in [3.8, 4) is 0 Å². The second kappa shape index (κ2) is 5.21. The van der Waals surface area contributed by atoms with E-state index in [1.165, 1.54) is 0 Å². The molecule has 0 aromatic heterocycles. The lowest BCUT2D eigenvalue weighted by molar-refractivity contribution is -0.146. The number of carbonyl (C=O) groups is 1. The molecule has 1 fully saturated rings. The zero-order valence-corrected chi connectivity index (χ0v) is 10.8. The van der Waals surface area contributed by atoms with Gasteiger partial charge in [0.05, 0.1) is 6.61 Å². The minimum absolute atomic E-state index is 0.0617. The summed E-state index contributed by atoms with van der Waals surface area (Å²) in [7, 11) is 1.65. The molecule has 2 aliphatic rings. The van der Waals surface area contributed by atoms with Crippen LogP contribution in [0, 0.1) is 5.92 Å². The highest BCUT2D eigenvalue weighted by molar-refractivity contribution is 6.00. The number of ether oxygens (including phenoxy) is 2. The van der Waals surface area contributed by atoms with Gasteiger partial charge in [-0.05, 0) is 50.5 Å². The minimum atomic E-state index is -0.615. The molecule has 3 heteroatoms. The number of carbonyl (C=O) groups excluding carboxylic acids is 1. The van der Waals surface area contributed by atoms with Gasteiger partial charge in [-0.15, -0.1) is 0 Å². The van der Waals surface area contributed by atoms with Gasteiger partial charge in [0.2, 0.25) is 5.78 Å². The van der Waals surface area contributed by atoms with Crippen LogP contribution in [0.2, 0.25) is 0 Å². The normalized spacial score (nSPS) is 33.8. The number of methoxy groups -OCH3 is 1. The number of hydrogen-bond acceptors (Lipinski definition) is 3. The first-order valence-electron chi connectivity index (χ1n) is 6.61. The Morgan fingerprint density at radius 1 is 1.47 bits per heavy atom. The number of ketones is 1. The van der Waals surface area contributed by atoms with Crippen LogP contribution in [-0.2, 0) is 14.3 Å². The molecule has 1 aliphatic carbocycles. The summed E-state index contributed by atoms with van der Waals surface area (Å²) in [4.78, 5) is 12.5. The van der Waals surface area contributed by atoms with Crippen molar-refractivity contribution in [2.45, 2.75) is 51.0 Å². The van der Waals surface area contributed by atoms with Gasteiger partial charge in [0.1, 0.15) is 5.60 Å². The molecule has 0 bridgehead atoms. The summed E-state index contributed by atoms with van der Waals surface area (Å²) in [6, 6.07) is 0. The molecule has 0 radical (unpaired) electrons. The van der Waals surface area contributed by atoms with Crippen molar-refractivity contribution < 1.29 is 14.3 Å². The molecule has 1 heterocycles. The molecule has 0 amide bonds. The number of allylic oxidation sites excluding steroid dienone is 1. The molecule has 0 aromatic carbocycles. The fourth-order valence-corrected chi connectivity index (χ4v) is 2.69. The van der Waals surface area contributed by atoms with Crippen LogP contribution in [-0.4, -0.2) is 25.1 Å². The molecule has 0 saturated heterocycles. The second-order valence-electron chi connectivity index (χ2n) is 5.27. The van der Waals surface area contributed by atoms with Crippen molar-refractivity contribution in [2.24, 2.45) is 5.92 Å². The predicted molar refractivity (Wildman–Crippen MR) is 65.6 cm³/mol. The summed E-state index contributed by atoms with van der Waals surface area (Å²) in [5.41, 5.74) is -0.615. The van der Waals surface area contributed by atoms with E-state index in [2.05, 4.69) is 6.92 Å². The first kappa shape index (κ1) is 12.6. The van der Waals surface area contributed by atoms with Crippen molar-refractivity contribution >= 4 is 5.78 Å². The Balaban J connectivity index is 2.12. The Morgan fingerprint density at radius 2 is 2.18 bits per heavy atom. The molecule has 0 N–H and O–H groups in total. The molecular weight excluding hydrogens is 216 g/mol. The maximum absolute atomic E-state index is 12.5. The van der Waals surface area contributed by atoms with Crippen LogP contribution in [0.3, 0.4) is 0 Å². The van der Waals surface area contributed by atoms with Gasteiger partial charge in [-0.2, -0.15) is 0 Å². The fourth-order valence-electron chi connectivity index (χ4n) is 2.69. The first-order valence-corrected chi connectivity index (χ1v) is 6.61. The van der Waals surface area contributed by atoms with Gasteiger partial charge in [-0.1, -0.05) is 6.92 Å². The highest BCUT2D eigenvalue weighted by Gasteiger charge is 2.43. The summed E-state index contributed by atoms with van der Waals surface area (Å²) in [6.07, 6.45) is 7.64. The van der Waals surface area contributed by atoms with Crippen LogP contribution in [0.5, 0.6) is 0 Å². The average molecular weight is 238 g/mol. The van der Waals surface area contributed by atoms with Crippen molar-refractivity contribution in [1.29, 1.82) is 0 Å². The molecule has 17 heavy (non-hydrogen) atoms. The number of rotatable bonds is 3. The lowest BCUT2D eigenvalue weighted by Crippen LogP contribution is -2.45. The molecule has 0 spiro atoms. The van der Waals surface area contributed by atoms with E-state index in [0.717, 1.165) is 38.5 Å². The Labute approximate surface area is 103 Å². The van der Waals surface area contributed by atoms with Gasteiger partial charge in [0.25, 0.3) is 0 Å². The van der Waals surface area contributed by atoms with E-state index in [9.17, 15) is 4.79 Å². The lowest BCUT2D eigenvalue weighted by Gasteiger charge is -2.37. The van der Waals surface area contributed by atoms with Crippen LogP contribution in [0.4, 0.5) is 0 Å². The quantitative estimate of drug-likeness (QED) is 0.758. The van der Waals surface area contributed by atoms with Gasteiger partial charge in [0, 0.05) is 7.11 Å². The molecule has 96 valence electrons. The van der Waals surface area contributed by atoms with Crippen LogP contribution in [0.25, 0.3) is 0 Å². The molecule has 0 unspecified atom stereocenters. The van der Waals surface area contributed by atoms with E-state index in [-0.39, 0.29) is 5.78 Å². The topological polar surface area (TPSA) is 35.5 Å². The molecule has 0 aromatic rings. The second-order valence-corrected chi connectivity index (χ2v) is 5.27. The summed E-state index contributed by atoms with van der Waals surface area (Å²) in [6.45, 7) is 2.90. The lowest BCUT2D eigenvalue weighted by atomic mass is 9.76. The van der Waals surface area contributed by atoms with E-state index in [1.807, 2.05) is 6.08 Å². The van der Waals surface area contributed by atoms with E-state index in [4.69, 9.17) is 9.47 Å². The molecule has 3 nitrogen and oxygen atoms in total. The summed E-state index contributed by atoms with van der Waals surface area (Å²) in [5, 5.41) is 0. The number of Topliss-reactive ketones (excluding diaryl/α,β-unsaturated/α-hetero) is 1. The third-order valence-electron chi connectivity index (χ3n) is 4.05. The minimum Gasteiger partial charge on any atom is -0.490 e. The third-order valence-corrected chi connectivity index (χ3v) is 4.05. The standard InChI is InChI=1S/C14H22O3/c1-11-6-8-14(16-2,9-7-11)13(15)12-5-3-4-10-17-12/h5,11H,3-4,6-10H2,1-2H3. The highest BCUT2D eigenvalue weighted by atomic mass is 16.5. The highest BCUT2D eigenvalue weighted by Crippen LogP contribution is 2.37. The monoisotopic (exact) mass is 238 g/mol. The summed E-state index contributed by atoms with van der Waals surface area (Å²) in [5.74, 6) is 1.30. The zero-order chi connectivity index (χ0) is 12.3. The molecular formula is C14H22O3. The van der Waals surface area contributed by atoms with Crippen molar-refractivity contribution in [2.75, 3.05) is 13.7 Å². The van der Waals surface area contributed by atoms with Crippen molar-refractivity contribution in [3.63, 3.8) is 0 Å². The molecule has 0 atom stereocenters. The summed E-state index contributed by atoms with van der Waals surface area (Å²) >= 11 is 0. The van der Waals surface area contributed by atoms with Gasteiger partial charge in [-0.3, -0.25) is 4.79 Å². The van der Waals surface area contributed by atoms with Gasteiger partial charge < -0.3 is 9.47 Å². The third kappa shape index (κ3) is 2.54. The van der Waals surface area contributed by atoms with Crippen molar-refractivity contribution in [3.05, 3.63) is 11.8 Å². The average Bonchev–Trinajstić information content (AvgIpc) is 2.40. The Kier molecular flexibility index (Phi) is 3.87. The molecule has 1 saturated carbocycles. The first-order chi connectivity index (χ1) is 8.18. The van der Waals surface area contributed by atoms with E-state index in [1.54, 1.807) is 7.11 Å². The van der Waals surface area contributed by atoms with Crippen LogP contribution < -0.4 is 0 Å². The molecule has 2 rings (SSSR count). The largest absolute Gasteiger partial charge is 0.490 e.